The third kappa shape index (κ3) is 12.7. The number of carbonyl (C=O) groups excluding carboxylic acids is 3. The molecule has 0 saturated heterocycles. The van der Waals surface area contributed by atoms with Crippen molar-refractivity contribution in [1.82, 2.24) is 20.9 Å². The van der Waals surface area contributed by atoms with Gasteiger partial charge < -0.3 is 59.1 Å². The van der Waals surface area contributed by atoms with Gasteiger partial charge in [0.1, 0.15) is 0 Å². The number of nitrogens with zero attached hydrogens (tertiary/aromatic N) is 3. The van der Waals surface area contributed by atoms with Gasteiger partial charge in [-0.15, -0.1) is 0 Å². The van der Waals surface area contributed by atoms with Crippen LogP contribution in [0.15, 0.2) is 9.98 Å². The number of hydrogen-bond donors (Lipinski definition) is 10. The molecule has 0 aromatic carbocycles. The molecule has 0 bridgehead atoms. The lowest BCUT2D eigenvalue weighted by atomic mass is 9.43. The average molecular weight is 819 g/mol. The zero-order valence-corrected chi connectivity index (χ0v) is 35.7. The van der Waals surface area contributed by atoms with Crippen molar-refractivity contribution in [3.8, 4) is 0 Å². The maximum Gasteiger partial charge on any atom is 0.223 e. The van der Waals surface area contributed by atoms with Gasteiger partial charge in [-0.1, -0.05) is 20.8 Å². The maximum absolute atomic E-state index is 12.9. The highest BCUT2D eigenvalue weighted by atomic mass is 16.3. The van der Waals surface area contributed by atoms with Crippen LogP contribution in [0.4, 0.5) is 0 Å². The van der Waals surface area contributed by atoms with E-state index in [9.17, 15) is 29.7 Å². The molecule has 4 fully saturated rings. The number of fused-ring (bicyclic) bond motifs is 5. The molecule has 16 nitrogen and oxygen atoms in total. The Hall–Kier alpha value is -3.21. The van der Waals surface area contributed by atoms with E-state index in [2.05, 4.69) is 46.7 Å². The van der Waals surface area contributed by atoms with E-state index < -0.39 is 6.10 Å². The van der Waals surface area contributed by atoms with Crippen molar-refractivity contribution in [2.24, 2.45) is 79.3 Å². The van der Waals surface area contributed by atoms with E-state index in [4.69, 9.17) is 22.9 Å². The standard InChI is InChI=1S/C42H78N10O6/c1-27(30-9-10-31-38-32(26-34(55)42(30,31)3)41(2)15-14-29(53)24-28(41)25-33(38)54)8-11-35(56)48-18-4-16-47-17-5-19-49-36(57)12-13-37(58)52(22-6-20-50-39(43)44)23-7-21-51-40(45)46/h27-34,38,47,53-55H,4-26H2,1-3H3,(H,48,56)(H,49,57)(H4,43,44,50)(H4,45,46,51)/t27-,28+,29-,30-,31+,32+,33-,34+,38+,41+,42-/m1/s1. The zero-order valence-electron chi connectivity index (χ0n) is 35.7. The second-order valence-electron chi connectivity index (χ2n) is 18.4. The summed E-state index contributed by atoms with van der Waals surface area (Å²) in [6.07, 6.45) is 9.14. The second-order valence-corrected chi connectivity index (χ2v) is 18.4. The number of rotatable bonds is 23. The number of aliphatic hydroxyl groups excluding tert-OH is 3. The Kier molecular flexibility index (Phi) is 18.3. The van der Waals surface area contributed by atoms with E-state index in [1.807, 2.05) is 0 Å². The third-order valence-corrected chi connectivity index (χ3v) is 14.7. The fourth-order valence-corrected chi connectivity index (χ4v) is 11.6. The Morgan fingerprint density at radius 1 is 0.759 bits per heavy atom. The van der Waals surface area contributed by atoms with E-state index in [0.29, 0.717) is 76.3 Å². The van der Waals surface area contributed by atoms with Crippen LogP contribution in [0.2, 0.25) is 0 Å². The number of aliphatic imine (C=N–C) groups is 2. The molecule has 3 amide bonds. The summed E-state index contributed by atoms with van der Waals surface area (Å²) in [6.45, 7) is 11.1. The van der Waals surface area contributed by atoms with Crippen LogP contribution in [0.5, 0.6) is 0 Å². The highest BCUT2D eigenvalue weighted by Gasteiger charge is 2.65. The van der Waals surface area contributed by atoms with Gasteiger partial charge in [-0.25, -0.2) is 0 Å². The topological polar surface area (TPSA) is 280 Å². The average Bonchev–Trinajstić information content (AvgIpc) is 3.53. The van der Waals surface area contributed by atoms with Crippen LogP contribution in [0.1, 0.15) is 117 Å². The molecule has 4 aliphatic carbocycles. The smallest absolute Gasteiger partial charge is 0.223 e. The molecular formula is C42H78N10O6. The van der Waals surface area contributed by atoms with Gasteiger partial charge >= 0.3 is 0 Å². The lowest BCUT2D eigenvalue weighted by Gasteiger charge is -2.63. The number of nitrogens with two attached hydrogens (primary N) is 4. The van der Waals surface area contributed by atoms with Gasteiger partial charge in [-0.05, 0) is 136 Å². The fourth-order valence-electron chi connectivity index (χ4n) is 11.6. The first-order chi connectivity index (χ1) is 27.6. The number of guanidine groups is 2. The number of hydrogen-bond acceptors (Lipinski definition) is 9. The molecule has 4 aliphatic rings. The monoisotopic (exact) mass is 819 g/mol. The molecule has 14 N–H and O–H groups in total. The van der Waals surface area contributed by atoms with E-state index in [0.717, 1.165) is 77.3 Å². The van der Waals surface area contributed by atoms with Crippen LogP contribution in [-0.2, 0) is 14.4 Å². The van der Waals surface area contributed by atoms with Gasteiger partial charge in [0, 0.05) is 58.5 Å². The van der Waals surface area contributed by atoms with Gasteiger partial charge in [-0.3, -0.25) is 24.4 Å². The minimum atomic E-state index is -0.423. The van der Waals surface area contributed by atoms with Crippen LogP contribution in [0.25, 0.3) is 0 Å². The molecule has 4 rings (SSSR count). The summed E-state index contributed by atoms with van der Waals surface area (Å²) in [5.74, 6) is 1.43. The molecule has 16 heteroatoms. The van der Waals surface area contributed by atoms with E-state index in [-0.39, 0.29) is 83.3 Å². The molecule has 58 heavy (non-hydrogen) atoms. The van der Waals surface area contributed by atoms with Crippen LogP contribution in [0.3, 0.4) is 0 Å². The summed E-state index contributed by atoms with van der Waals surface area (Å²) in [4.78, 5) is 47.7. The van der Waals surface area contributed by atoms with Crippen molar-refractivity contribution in [3.63, 3.8) is 0 Å². The van der Waals surface area contributed by atoms with Crippen LogP contribution in [0, 0.1) is 46.3 Å². The van der Waals surface area contributed by atoms with Crippen LogP contribution in [-0.4, -0.2) is 121 Å². The number of nitrogens with one attached hydrogen (secondary N) is 3. The molecule has 11 atom stereocenters. The maximum atomic E-state index is 12.9. The van der Waals surface area contributed by atoms with Gasteiger partial charge in [0.25, 0.3) is 0 Å². The van der Waals surface area contributed by atoms with Gasteiger partial charge in [0.15, 0.2) is 11.9 Å². The summed E-state index contributed by atoms with van der Waals surface area (Å²) < 4.78 is 0. The molecular weight excluding hydrogens is 741 g/mol. The van der Waals surface area contributed by atoms with Gasteiger partial charge in [-0.2, -0.15) is 0 Å². The van der Waals surface area contributed by atoms with Crippen LogP contribution >= 0.6 is 0 Å². The Labute approximate surface area is 346 Å². The molecule has 4 saturated carbocycles. The molecule has 0 spiro atoms. The summed E-state index contributed by atoms with van der Waals surface area (Å²) >= 11 is 0. The van der Waals surface area contributed by atoms with Crippen molar-refractivity contribution in [2.45, 2.75) is 135 Å². The summed E-state index contributed by atoms with van der Waals surface area (Å²) in [5.41, 5.74) is 21.3. The normalized spacial score (nSPS) is 31.8. The molecule has 0 aliphatic heterocycles. The predicted molar refractivity (Wildman–Crippen MR) is 227 cm³/mol. The molecule has 0 aromatic heterocycles. The first kappa shape index (κ1) is 47.5. The van der Waals surface area contributed by atoms with E-state index in [1.54, 1.807) is 4.90 Å². The lowest BCUT2D eigenvalue weighted by Crippen LogP contribution is -2.62. The minimum absolute atomic E-state index is 0.00336. The fraction of sp³-hybridized carbons (Fsp3) is 0.881. The number of aliphatic hydroxyl groups is 3. The largest absolute Gasteiger partial charge is 0.393 e. The number of carbonyl (C=O) groups is 3. The Bertz CT molecular complexity index is 1370. The van der Waals surface area contributed by atoms with E-state index >= 15 is 0 Å². The summed E-state index contributed by atoms with van der Waals surface area (Å²) in [7, 11) is 0. The Morgan fingerprint density at radius 2 is 1.36 bits per heavy atom. The minimum Gasteiger partial charge on any atom is -0.393 e. The molecule has 0 aromatic rings. The van der Waals surface area contributed by atoms with E-state index in [1.165, 1.54) is 0 Å². The van der Waals surface area contributed by atoms with Crippen LogP contribution < -0.4 is 38.9 Å². The molecule has 332 valence electrons. The second kappa shape index (κ2) is 22.4. The third-order valence-electron chi connectivity index (χ3n) is 14.7. The van der Waals surface area contributed by atoms with Crippen molar-refractivity contribution >= 4 is 29.6 Å². The van der Waals surface area contributed by atoms with Crippen molar-refractivity contribution in [2.75, 3.05) is 52.4 Å². The highest BCUT2D eigenvalue weighted by Crippen LogP contribution is 2.68. The first-order valence-electron chi connectivity index (χ1n) is 22.2. The Morgan fingerprint density at radius 3 is 1.97 bits per heavy atom. The SMILES string of the molecule is C[C@H](CCC(=O)NCCCNCCCNC(=O)CCC(=O)N(CCCN=C(N)N)CCCN=C(N)N)[C@H]1CC[C@H]2[C@@H]3[C@H](O)C[C@@H]4C[C@H](O)CC[C@]4(C)[C@H]3C[C@H](O)[C@]12C. The Balaban J connectivity index is 1.06. The zero-order chi connectivity index (χ0) is 42.5. The summed E-state index contributed by atoms with van der Waals surface area (Å²) in [5, 5.41) is 43.1. The molecule has 0 heterocycles. The van der Waals surface area contributed by atoms with Gasteiger partial charge in [0.05, 0.1) is 18.3 Å². The van der Waals surface area contributed by atoms with Crippen molar-refractivity contribution < 1.29 is 29.7 Å². The highest BCUT2D eigenvalue weighted by molar-refractivity contribution is 5.83. The first-order valence-corrected chi connectivity index (χ1v) is 22.2. The van der Waals surface area contributed by atoms with Crippen molar-refractivity contribution in [3.05, 3.63) is 0 Å². The van der Waals surface area contributed by atoms with Crippen molar-refractivity contribution in [1.29, 1.82) is 0 Å². The lowest BCUT2D eigenvalue weighted by molar-refractivity contribution is -0.207. The number of amides is 3. The molecule has 0 unspecified atom stereocenters. The van der Waals surface area contributed by atoms with Gasteiger partial charge in [0.2, 0.25) is 17.7 Å². The molecule has 0 radical (unpaired) electrons. The summed E-state index contributed by atoms with van der Waals surface area (Å²) in [6, 6.07) is 0. The predicted octanol–water partition coefficient (Wildman–Crippen LogP) is 0.902. The quantitative estimate of drug-likeness (QED) is 0.0393.